The van der Waals surface area contributed by atoms with E-state index in [-0.39, 0.29) is 11.5 Å². The predicted octanol–water partition coefficient (Wildman–Crippen LogP) is 2.49. The van der Waals surface area contributed by atoms with E-state index in [9.17, 15) is 9.59 Å². The van der Waals surface area contributed by atoms with Crippen molar-refractivity contribution < 1.29 is 14.7 Å². The van der Waals surface area contributed by atoms with Crippen molar-refractivity contribution in [2.45, 2.75) is 24.2 Å². The molecule has 5 heteroatoms. The molecular weight excluding hydrogens is 262 g/mol. The van der Waals surface area contributed by atoms with Crippen molar-refractivity contribution in [2.24, 2.45) is 0 Å². The molecule has 0 bridgehead atoms. The van der Waals surface area contributed by atoms with E-state index in [1.165, 1.54) is 18.2 Å². The van der Waals surface area contributed by atoms with E-state index in [0.717, 1.165) is 30.8 Å². The highest BCUT2D eigenvalue weighted by Crippen LogP contribution is 2.20. The van der Waals surface area contributed by atoms with Crippen molar-refractivity contribution in [1.29, 1.82) is 0 Å². The number of piperidine rings is 1. The number of rotatable bonds is 4. The molecule has 1 heterocycles. The summed E-state index contributed by atoms with van der Waals surface area (Å²) in [4.78, 5) is 25.5. The van der Waals surface area contributed by atoms with Gasteiger partial charge in [-0.15, -0.1) is 11.8 Å². The molecule has 1 saturated heterocycles. The molecule has 0 aliphatic carbocycles. The van der Waals surface area contributed by atoms with Crippen molar-refractivity contribution in [3.63, 3.8) is 0 Å². The van der Waals surface area contributed by atoms with Crippen LogP contribution in [0.2, 0.25) is 0 Å². The van der Waals surface area contributed by atoms with Crippen LogP contribution in [-0.2, 0) is 4.79 Å². The monoisotopic (exact) mass is 279 g/mol. The average Bonchev–Trinajstić information content (AvgIpc) is 2.46. The quantitative estimate of drug-likeness (QED) is 0.860. The van der Waals surface area contributed by atoms with Crippen LogP contribution in [-0.4, -0.2) is 40.7 Å². The van der Waals surface area contributed by atoms with Crippen LogP contribution >= 0.6 is 11.8 Å². The number of amides is 1. The molecule has 1 aromatic carbocycles. The maximum Gasteiger partial charge on any atom is 0.335 e. The minimum atomic E-state index is -0.930. The van der Waals surface area contributed by atoms with Gasteiger partial charge < -0.3 is 10.0 Å². The molecule has 1 aromatic rings. The summed E-state index contributed by atoms with van der Waals surface area (Å²) in [5, 5.41) is 8.80. The van der Waals surface area contributed by atoms with Crippen LogP contribution in [0.3, 0.4) is 0 Å². The van der Waals surface area contributed by atoms with E-state index in [1.54, 1.807) is 24.3 Å². The van der Waals surface area contributed by atoms with E-state index in [1.807, 2.05) is 4.90 Å². The molecule has 1 aliphatic rings. The Morgan fingerprint density at radius 3 is 2.32 bits per heavy atom. The first-order valence-corrected chi connectivity index (χ1v) is 7.39. The minimum Gasteiger partial charge on any atom is -0.478 e. The summed E-state index contributed by atoms with van der Waals surface area (Å²) < 4.78 is 0. The Balaban J connectivity index is 1.84. The van der Waals surface area contributed by atoms with Crippen LogP contribution in [0.4, 0.5) is 0 Å². The molecule has 1 fully saturated rings. The van der Waals surface area contributed by atoms with Crippen molar-refractivity contribution in [3.8, 4) is 0 Å². The van der Waals surface area contributed by atoms with Gasteiger partial charge in [0.25, 0.3) is 0 Å². The summed E-state index contributed by atoms with van der Waals surface area (Å²) in [6.45, 7) is 1.74. The van der Waals surface area contributed by atoms with Gasteiger partial charge in [0.15, 0.2) is 0 Å². The van der Waals surface area contributed by atoms with Gasteiger partial charge in [-0.05, 0) is 43.5 Å². The highest BCUT2D eigenvalue weighted by atomic mass is 32.2. The Morgan fingerprint density at radius 2 is 1.74 bits per heavy atom. The van der Waals surface area contributed by atoms with Gasteiger partial charge in [0.2, 0.25) is 5.91 Å². The number of hydrogen-bond acceptors (Lipinski definition) is 3. The third kappa shape index (κ3) is 3.99. The van der Waals surface area contributed by atoms with Crippen LogP contribution in [0.15, 0.2) is 29.2 Å². The number of likely N-dealkylation sites (tertiary alicyclic amines) is 1. The molecule has 0 unspecified atom stereocenters. The lowest BCUT2D eigenvalue weighted by Crippen LogP contribution is -2.36. The third-order valence-corrected chi connectivity index (χ3v) is 4.17. The average molecular weight is 279 g/mol. The molecular formula is C14H17NO3S. The number of nitrogens with zero attached hydrogens (tertiary/aromatic N) is 1. The second-order valence-electron chi connectivity index (χ2n) is 4.56. The summed E-state index contributed by atoms with van der Waals surface area (Å²) >= 11 is 1.46. The van der Waals surface area contributed by atoms with E-state index in [2.05, 4.69) is 0 Å². The van der Waals surface area contributed by atoms with Crippen molar-refractivity contribution in [3.05, 3.63) is 29.8 Å². The number of thioether (sulfide) groups is 1. The zero-order chi connectivity index (χ0) is 13.7. The second kappa shape index (κ2) is 6.61. The molecule has 0 saturated carbocycles. The van der Waals surface area contributed by atoms with Gasteiger partial charge in [0, 0.05) is 18.0 Å². The van der Waals surface area contributed by atoms with Gasteiger partial charge in [-0.3, -0.25) is 4.79 Å². The van der Waals surface area contributed by atoms with E-state index < -0.39 is 5.97 Å². The second-order valence-corrected chi connectivity index (χ2v) is 5.61. The van der Waals surface area contributed by atoms with Gasteiger partial charge in [-0.25, -0.2) is 4.79 Å². The Morgan fingerprint density at radius 1 is 1.11 bits per heavy atom. The SMILES string of the molecule is O=C(O)c1ccc(SCC(=O)N2CCCCC2)cc1. The first kappa shape index (κ1) is 13.9. The number of carboxylic acids is 1. The minimum absolute atomic E-state index is 0.173. The summed E-state index contributed by atoms with van der Waals surface area (Å²) in [6.07, 6.45) is 3.42. The number of carbonyl (C=O) groups is 2. The lowest BCUT2D eigenvalue weighted by Gasteiger charge is -2.26. The van der Waals surface area contributed by atoms with Crippen molar-refractivity contribution >= 4 is 23.6 Å². The number of benzene rings is 1. The van der Waals surface area contributed by atoms with Crippen LogP contribution in [0.5, 0.6) is 0 Å². The fourth-order valence-electron chi connectivity index (χ4n) is 2.07. The molecule has 0 radical (unpaired) electrons. The topological polar surface area (TPSA) is 57.6 Å². The number of carboxylic acid groups (broad SMARTS) is 1. The molecule has 19 heavy (non-hydrogen) atoms. The Hall–Kier alpha value is -1.49. The summed E-state index contributed by atoms with van der Waals surface area (Å²) in [5.41, 5.74) is 0.270. The zero-order valence-corrected chi connectivity index (χ0v) is 11.5. The zero-order valence-electron chi connectivity index (χ0n) is 10.7. The molecule has 2 rings (SSSR count). The number of aromatic carboxylic acids is 1. The third-order valence-electron chi connectivity index (χ3n) is 3.17. The van der Waals surface area contributed by atoms with E-state index in [0.29, 0.717) is 5.75 Å². The van der Waals surface area contributed by atoms with Gasteiger partial charge in [-0.2, -0.15) is 0 Å². The summed E-state index contributed by atoms with van der Waals surface area (Å²) in [6, 6.07) is 6.63. The number of carbonyl (C=O) groups excluding carboxylic acids is 1. The highest BCUT2D eigenvalue weighted by molar-refractivity contribution is 8.00. The largest absolute Gasteiger partial charge is 0.478 e. The lowest BCUT2D eigenvalue weighted by atomic mass is 10.1. The molecule has 0 aromatic heterocycles. The van der Waals surface area contributed by atoms with Crippen molar-refractivity contribution in [2.75, 3.05) is 18.8 Å². The molecule has 1 N–H and O–H groups in total. The molecule has 0 spiro atoms. The molecule has 1 aliphatic heterocycles. The van der Waals surface area contributed by atoms with Crippen LogP contribution in [0.25, 0.3) is 0 Å². The van der Waals surface area contributed by atoms with Gasteiger partial charge in [0.05, 0.1) is 11.3 Å². The predicted molar refractivity (Wildman–Crippen MR) is 74.6 cm³/mol. The maximum atomic E-state index is 12.0. The lowest BCUT2D eigenvalue weighted by molar-refractivity contribution is -0.129. The van der Waals surface area contributed by atoms with E-state index in [4.69, 9.17) is 5.11 Å². The Labute approximate surface area is 116 Å². The Bertz CT molecular complexity index is 452. The van der Waals surface area contributed by atoms with Gasteiger partial charge >= 0.3 is 5.97 Å². The number of hydrogen-bond donors (Lipinski definition) is 1. The van der Waals surface area contributed by atoms with Gasteiger partial charge in [-0.1, -0.05) is 0 Å². The molecule has 1 amide bonds. The smallest absolute Gasteiger partial charge is 0.335 e. The fraction of sp³-hybridized carbons (Fsp3) is 0.429. The van der Waals surface area contributed by atoms with Crippen LogP contribution in [0, 0.1) is 0 Å². The fourth-order valence-corrected chi connectivity index (χ4v) is 2.87. The maximum absolute atomic E-state index is 12.0. The highest BCUT2D eigenvalue weighted by Gasteiger charge is 2.16. The van der Waals surface area contributed by atoms with Crippen LogP contribution in [0.1, 0.15) is 29.6 Å². The molecule has 0 atom stereocenters. The summed E-state index contributed by atoms with van der Waals surface area (Å²) in [5.74, 6) is -0.333. The normalized spacial score (nSPS) is 15.3. The summed E-state index contributed by atoms with van der Waals surface area (Å²) in [7, 11) is 0. The van der Waals surface area contributed by atoms with Crippen molar-refractivity contribution in [1.82, 2.24) is 4.90 Å². The van der Waals surface area contributed by atoms with Gasteiger partial charge in [0.1, 0.15) is 0 Å². The first-order chi connectivity index (χ1) is 9.16. The standard InChI is InChI=1S/C14H17NO3S/c16-13(15-8-2-1-3-9-15)10-19-12-6-4-11(5-7-12)14(17)18/h4-7H,1-3,8-10H2,(H,17,18). The van der Waals surface area contributed by atoms with E-state index >= 15 is 0 Å². The van der Waals surface area contributed by atoms with Crippen LogP contribution < -0.4 is 0 Å². The molecule has 102 valence electrons. The first-order valence-electron chi connectivity index (χ1n) is 6.41. The molecule has 4 nitrogen and oxygen atoms in total. The Kier molecular flexibility index (Phi) is 4.85.